The average molecular weight is 247 g/mol. The van der Waals surface area contributed by atoms with Gasteiger partial charge < -0.3 is 4.74 Å². The lowest BCUT2D eigenvalue weighted by Crippen LogP contribution is -2.11. The number of carbonyl (C=O) groups is 1. The predicted molar refractivity (Wildman–Crippen MR) is 54.2 cm³/mol. The van der Waals surface area contributed by atoms with Crippen molar-refractivity contribution in [1.29, 1.82) is 0 Å². The molecule has 0 N–H and O–H groups in total. The van der Waals surface area contributed by atoms with Crippen LogP contribution in [-0.4, -0.2) is 17.6 Å². The summed E-state index contributed by atoms with van der Waals surface area (Å²) in [5.74, 6) is -1.40. The molecular weight excluding hydrogens is 235 g/mol. The summed E-state index contributed by atoms with van der Waals surface area (Å²) in [7, 11) is 0. The number of rotatable bonds is 4. The van der Waals surface area contributed by atoms with Crippen LogP contribution in [0, 0.1) is 12.7 Å². The van der Waals surface area contributed by atoms with E-state index in [1.807, 2.05) is 0 Å². The highest BCUT2D eigenvalue weighted by Crippen LogP contribution is 2.23. The number of hydrogen-bond donors (Lipinski definition) is 0. The zero-order valence-corrected chi connectivity index (χ0v) is 9.47. The molecule has 1 aromatic heterocycles. The minimum atomic E-state index is -2.85. The van der Waals surface area contributed by atoms with Gasteiger partial charge in [0, 0.05) is 0 Å². The lowest BCUT2D eigenvalue weighted by molar-refractivity contribution is -0.142. The number of esters is 1. The van der Waals surface area contributed by atoms with Crippen LogP contribution in [0.4, 0.5) is 13.2 Å². The van der Waals surface area contributed by atoms with Gasteiger partial charge in [-0.25, -0.2) is 18.2 Å². The van der Waals surface area contributed by atoms with Gasteiger partial charge >= 0.3 is 5.97 Å². The summed E-state index contributed by atoms with van der Waals surface area (Å²) < 4.78 is 43.1. The first-order chi connectivity index (χ1) is 7.95. The Hall–Kier alpha value is -1.59. The first-order valence-corrected chi connectivity index (χ1v) is 5.05. The molecule has 0 aliphatic heterocycles. The monoisotopic (exact) mass is 247 g/mol. The van der Waals surface area contributed by atoms with E-state index in [0.717, 1.165) is 6.07 Å². The van der Waals surface area contributed by atoms with Gasteiger partial charge in [-0.1, -0.05) is 0 Å². The molecule has 0 unspecified atom stereocenters. The lowest BCUT2D eigenvalue weighted by Gasteiger charge is -2.09. The second kappa shape index (κ2) is 5.65. The third-order valence-electron chi connectivity index (χ3n) is 2.11. The number of hydrogen-bond acceptors (Lipinski definition) is 3. The molecule has 17 heavy (non-hydrogen) atoms. The number of carbonyl (C=O) groups excluding carboxylic acids is 1. The van der Waals surface area contributed by atoms with Gasteiger partial charge in [0.1, 0.15) is 11.5 Å². The number of aromatic nitrogens is 1. The van der Waals surface area contributed by atoms with E-state index >= 15 is 0 Å². The largest absolute Gasteiger partial charge is 0.466 e. The van der Waals surface area contributed by atoms with Gasteiger partial charge in [0.25, 0.3) is 6.43 Å². The number of halogens is 3. The third kappa shape index (κ3) is 3.44. The van der Waals surface area contributed by atoms with E-state index in [0.29, 0.717) is 0 Å². The van der Waals surface area contributed by atoms with Gasteiger partial charge in [0.05, 0.1) is 18.7 Å². The highest BCUT2D eigenvalue weighted by atomic mass is 19.3. The highest BCUT2D eigenvalue weighted by molar-refractivity contribution is 5.72. The highest BCUT2D eigenvalue weighted by Gasteiger charge is 2.19. The van der Waals surface area contributed by atoms with Crippen molar-refractivity contribution in [2.24, 2.45) is 0 Å². The average Bonchev–Trinajstić information content (AvgIpc) is 2.23. The second-order valence-corrected chi connectivity index (χ2v) is 3.38. The van der Waals surface area contributed by atoms with Crippen LogP contribution < -0.4 is 0 Å². The van der Waals surface area contributed by atoms with E-state index in [4.69, 9.17) is 0 Å². The number of ether oxygens (including phenoxy) is 1. The molecule has 0 amide bonds. The van der Waals surface area contributed by atoms with E-state index in [1.165, 1.54) is 6.92 Å². The van der Waals surface area contributed by atoms with Gasteiger partial charge in [-0.3, -0.25) is 4.79 Å². The van der Waals surface area contributed by atoms with E-state index in [9.17, 15) is 18.0 Å². The van der Waals surface area contributed by atoms with Gasteiger partial charge in [-0.15, -0.1) is 0 Å². The summed E-state index contributed by atoms with van der Waals surface area (Å²) in [4.78, 5) is 14.6. The predicted octanol–water partition coefficient (Wildman–Crippen LogP) is 2.57. The fraction of sp³-hybridized carbons (Fsp3) is 0.455. The Balaban J connectivity index is 3.04. The fourth-order valence-electron chi connectivity index (χ4n) is 1.34. The number of nitrogens with zero attached hydrogens (tertiary/aromatic N) is 1. The van der Waals surface area contributed by atoms with Crippen LogP contribution in [0.25, 0.3) is 0 Å². The maximum atomic E-state index is 13.2. The van der Waals surface area contributed by atoms with Crippen molar-refractivity contribution < 1.29 is 22.7 Å². The minimum Gasteiger partial charge on any atom is -0.466 e. The summed E-state index contributed by atoms with van der Waals surface area (Å²) in [6.07, 6.45) is -3.25. The molecule has 1 heterocycles. The molecule has 1 rings (SSSR count). The molecule has 0 saturated carbocycles. The lowest BCUT2D eigenvalue weighted by atomic mass is 10.1. The summed E-state index contributed by atoms with van der Waals surface area (Å²) >= 11 is 0. The fourth-order valence-corrected chi connectivity index (χ4v) is 1.34. The Labute approximate surface area is 96.6 Å². The normalized spacial score (nSPS) is 10.7. The van der Waals surface area contributed by atoms with Crippen molar-refractivity contribution in [1.82, 2.24) is 4.98 Å². The molecule has 0 fully saturated rings. The van der Waals surface area contributed by atoms with Crippen molar-refractivity contribution in [2.45, 2.75) is 26.7 Å². The molecule has 0 aromatic carbocycles. The number of alkyl halides is 2. The first-order valence-electron chi connectivity index (χ1n) is 5.05. The molecule has 0 bridgehead atoms. The van der Waals surface area contributed by atoms with Crippen LogP contribution in [-0.2, 0) is 16.0 Å². The number of pyridine rings is 1. The zero-order valence-electron chi connectivity index (χ0n) is 9.47. The molecule has 94 valence electrons. The van der Waals surface area contributed by atoms with Crippen LogP contribution in [0.1, 0.15) is 30.3 Å². The van der Waals surface area contributed by atoms with Crippen molar-refractivity contribution in [3.8, 4) is 0 Å². The van der Waals surface area contributed by atoms with Gasteiger partial charge in [-0.2, -0.15) is 0 Å². The minimum absolute atomic E-state index is 0.118. The van der Waals surface area contributed by atoms with Crippen LogP contribution in [0.3, 0.4) is 0 Å². The molecular formula is C11H12F3NO2. The second-order valence-electron chi connectivity index (χ2n) is 3.38. The standard InChI is InChI=1S/C11H12F3NO2/c1-3-17-9(16)5-7-4-8(12)6(2)15-10(7)11(13)14/h4,11H,3,5H2,1-2H3. The molecule has 0 atom stereocenters. The van der Waals surface area contributed by atoms with Gasteiger partial charge in [0.2, 0.25) is 0 Å². The van der Waals surface area contributed by atoms with Crippen molar-refractivity contribution in [2.75, 3.05) is 6.61 Å². The molecule has 6 heteroatoms. The Kier molecular flexibility index (Phi) is 4.48. The summed E-state index contributed by atoms with van der Waals surface area (Å²) in [5, 5.41) is 0. The first kappa shape index (κ1) is 13.5. The van der Waals surface area contributed by atoms with Crippen molar-refractivity contribution in [3.63, 3.8) is 0 Å². The molecule has 0 radical (unpaired) electrons. The Morgan fingerprint density at radius 2 is 2.18 bits per heavy atom. The van der Waals surface area contributed by atoms with Gasteiger partial charge in [0.15, 0.2) is 0 Å². The van der Waals surface area contributed by atoms with Crippen LogP contribution >= 0.6 is 0 Å². The third-order valence-corrected chi connectivity index (χ3v) is 2.11. The van der Waals surface area contributed by atoms with Gasteiger partial charge in [-0.05, 0) is 25.5 Å². The molecule has 1 aromatic rings. The summed E-state index contributed by atoms with van der Waals surface area (Å²) in [6.45, 7) is 3.03. The Morgan fingerprint density at radius 1 is 1.53 bits per heavy atom. The SMILES string of the molecule is CCOC(=O)Cc1cc(F)c(C)nc1C(F)F. The maximum Gasteiger partial charge on any atom is 0.310 e. The molecule has 0 aliphatic rings. The molecule has 0 saturated heterocycles. The van der Waals surface area contributed by atoms with E-state index in [-0.39, 0.29) is 17.9 Å². The summed E-state index contributed by atoms with van der Waals surface area (Å²) in [5.41, 5.74) is -0.827. The quantitative estimate of drug-likeness (QED) is 0.767. The topological polar surface area (TPSA) is 39.2 Å². The van der Waals surface area contributed by atoms with Crippen LogP contribution in [0.15, 0.2) is 6.07 Å². The van der Waals surface area contributed by atoms with Crippen molar-refractivity contribution >= 4 is 5.97 Å². The smallest absolute Gasteiger partial charge is 0.310 e. The van der Waals surface area contributed by atoms with E-state index < -0.39 is 30.3 Å². The zero-order chi connectivity index (χ0) is 13.0. The number of aryl methyl sites for hydroxylation is 1. The molecule has 0 spiro atoms. The Morgan fingerprint density at radius 3 is 2.71 bits per heavy atom. The van der Waals surface area contributed by atoms with Crippen LogP contribution in [0.2, 0.25) is 0 Å². The van der Waals surface area contributed by atoms with Crippen LogP contribution in [0.5, 0.6) is 0 Å². The van der Waals surface area contributed by atoms with E-state index in [1.54, 1.807) is 6.92 Å². The molecule has 3 nitrogen and oxygen atoms in total. The Bertz CT molecular complexity index is 421. The maximum absolute atomic E-state index is 13.2. The van der Waals surface area contributed by atoms with E-state index in [2.05, 4.69) is 9.72 Å². The molecule has 0 aliphatic carbocycles. The summed E-state index contributed by atoms with van der Waals surface area (Å²) in [6, 6.07) is 0.904. The van der Waals surface area contributed by atoms with Crippen molar-refractivity contribution in [3.05, 3.63) is 28.8 Å².